The molecule has 0 fully saturated rings. The molecule has 78 valence electrons. The van der Waals surface area contributed by atoms with Crippen molar-refractivity contribution in [2.24, 2.45) is 5.73 Å². The summed E-state index contributed by atoms with van der Waals surface area (Å²) in [6.07, 6.45) is 0.638. The standard InChI is InChI=1S/C9H14N2O2S/c1-3-7(11(13)9(10)12)8-5-4-6(2)14-8/h4-5,7,13H,3H2,1-2H3,(H2,10,12). The second-order valence-electron chi connectivity index (χ2n) is 3.06. The van der Waals surface area contributed by atoms with Gasteiger partial charge in [0.25, 0.3) is 0 Å². The van der Waals surface area contributed by atoms with Gasteiger partial charge in [0.15, 0.2) is 0 Å². The van der Waals surface area contributed by atoms with Gasteiger partial charge in [-0.3, -0.25) is 5.21 Å². The molecule has 0 aromatic carbocycles. The van der Waals surface area contributed by atoms with E-state index in [1.807, 2.05) is 26.0 Å². The molecule has 0 saturated heterocycles. The summed E-state index contributed by atoms with van der Waals surface area (Å²) in [7, 11) is 0. The second-order valence-corrected chi connectivity index (χ2v) is 4.37. The Morgan fingerprint density at radius 2 is 2.36 bits per heavy atom. The third-order valence-electron chi connectivity index (χ3n) is 2.00. The van der Waals surface area contributed by atoms with Crippen molar-refractivity contribution in [1.82, 2.24) is 5.06 Å². The van der Waals surface area contributed by atoms with Crippen molar-refractivity contribution in [3.63, 3.8) is 0 Å². The van der Waals surface area contributed by atoms with Gasteiger partial charge in [-0.05, 0) is 25.5 Å². The summed E-state index contributed by atoms with van der Waals surface area (Å²) in [6, 6.07) is 2.71. The lowest BCUT2D eigenvalue weighted by Gasteiger charge is -2.21. The molecule has 1 aromatic rings. The lowest BCUT2D eigenvalue weighted by atomic mass is 10.2. The number of amides is 2. The molecule has 2 amide bonds. The first kappa shape index (κ1) is 11.0. The highest BCUT2D eigenvalue weighted by molar-refractivity contribution is 7.12. The summed E-state index contributed by atoms with van der Waals surface area (Å²) < 4.78 is 0. The summed E-state index contributed by atoms with van der Waals surface area (Å²) >= 11 is 1.56. The first-order chi connectivity index (χ1) is 6.56. The van der Waals surface area contributed by atoms with Gasteiger partial charge in [-0.1, -0.05) is 6.92 Å². The molecule has 4 nitrogen and oxygen atoms in total. The molecule has 1 rings (SSSR count). The van der Waals surface area contributed by atoms with Crippen LogP contribution in [0, 0.1) is 6.92 Å². The van der Waals surface area contributed by atoms with E-state index >= 15 is 0 Å². The van der Waals surface area contributed by atoms with Crippen LogP contribution in [-0.2, 0) is 0 Å². The van der Waals surface area contributed by atoms with Crippen LogP contribution in [0.25, 0.3) is 0 Å². The molecule has 0 radical (unpaired) electrons. The van der Waals surface area contributed by atoms with Gasteiger partial charge in [-0.25, -0.2) is 4.79 Å². The number of primary amides is 1. The van der Waals surface area contributed by atoms with E-state index < -0.39 is 6.03 Å². The number of nitrogens with zero attached hydrogens (tertiary/aromatic N) is 1. The summed E-state index contributed by atoms with van der Waals surface area (Å²) in [6.45, 7) is 3.87. The van der Waals surface area contributed by atoms with E-state index in [4.69, 9.17) is 5.73 Å². The SMILES string of the molecule is CCC(c1ccc(C)s1)N(O)C(N)=O. The predicted octanol–water partition coefficient (Wildman–Crippen LogP) is 2.28. The highest BCUT2D eigenvalue weighted by atomic mass is 32.1. The average Bonchev–Trinajstić information content (AvgIpc) is 2.53. The Kier molecular flexibility index (Phi) is 3.49. The highest BCUT2D eigenvalue weighted by Crippen LogP contribution is 2.28. The second kappa shape index (κ2) is 4.43. The molecular weight excluding hydrogens is 200 g/mol. The fourth-order valence-electron chi connectivity index (χ4n) is 1.28. The number of aryl methyl sites for hydroxylation is 1. The molecule has 3 N–H and O–H groups in total. The minimum atomic E-state index is -0.817. The Hall–Kier alpha value is -1.07. The average molecular weight is 214 g/mol. The van der Waals surface area contributed by atoms with E-state index in [-0.39, 0.29) is 6.04 Å². The summed E-state index contributed by atoms with van der Waals surface area (Å²) in [5, 5.41) is 10.0. The molecule has 1 unspecified atom stereocenters. The quantitative estimate of drug-likeness (QED) is 0.598. The molecule has 1 heterocycles. The van der Waals surface area contributed by atoms with Crippen LogP contribution in [0.5, 0.6) is 0 Å². The van der Waals surface area contributed by atoms with E-state index in [2.05, 4.69) is 0 Å². The van der Waals surface area contributed by atoms with Gasteiger partial charge < -0.3 is 5.73 Å². The van der Waals surface area contributed by atoms with Gasteiger partial charge in [0.05, 0.1) is 6.04 Å². The van der Waals surface area contributed by atoms with Gasteiger partial charge in [-0.15, -0.1) is 11.3 Å². The number of thiophene rings is 1. The molecule has 1 aromatic heterocycles. The van der Waals surface area contributed by atoms with E-state index in [0.29, 0.717) is 11.5 Å². The van der Waals surface area contributed by atoms with Gasteiger partial charge in [0.1, 0.15) is 0 Å². The van der Waals surface area contributed by atoms with Crippen molar-refractivity contribution in [3.05, 3.63) is 21.9 Å². The van der Waals surface area contributed by atoms with Crippen LogP contribution in [0.2, 0.25) is 0 Å². The van der Waals surface area contributed by atoms with Gasteiger partial charge in [-0.2, -0.15) is 5.06 Å². The Morgan fingerprint density at radius 3 is 2.71 bits per heavy atom. The smallest absolute Gasteiger partial charge is 0.339 e. The van der Waals surface area contributed by atoms with E-state index in [9.17, 15) is 10.0 Å². The van der Waals surface area contributed by atoms with Crippen LogP contribution in [0.4, 0.5) is 4.79 Å². The molecule has 1 atom stereocenters. The zero-order chi connectivity index (χ0) is 10.7. The number of hydroxylamine groups is 2. The molecule has 0 spiro atoms. The van der Waals surface area contributed by atoms with Crippen molar-refractivity contribution >= 4 is 17.4 Å². The number of hydrogen-bond donors (Lipinski definition) is 2. The number of hydrogen-bond acceptors (Lipinski definition) is 3. The zero-order valence-electron chi connectivity index (χ0n) is 8.23. The van der Waals surface area contributed by atoms with Crippen LogP contribution in [0.3, 0.4) is 0 Å². The maximum Gasteiger partial charge on any atom is 0.339 e. The van der Waals surface area contributed by atoms with Gasteiger partial charge >= 0.3 is 6.03 Å². The fraction of sp³-hybridized carbons (Fsp3) is 0.444. The normalized spacial score (nSPS) is 12.5. The molecule has 0 aliphatic heterocycles. The molecule has 0 bridgehead atoms. The van der Waals surface area contributed by atoms with Gasteiger partial charge in [0, 0.05) is 9.75 Å². The monoisotopic (exact) mass is 214 g/mol. The first-order valence-electron chi connectivity index (χ1n) is 4.40. The Bertz CT molecular complexity index is 324. The molecule has 14 heavy (non-hydrogen) atoms. The highest BCUT2D eigenvalue weighted by Gasteiger charge is 2.21. The molecule has 0 saturated carbocycles. The van der Waals surface area contributed by atoms with Gasteiger partial charge in [0.2, 0.25) is 0 Å². The lowest BCUT2D eigenvalue weighted by Crippen LogP contribution is -2.35. The zero-order valence-corrected chi connectivity index (χ0v) is 9.04. The Morgan fingerprint density at radius 1 is 1.71 bits per heavy atom. The Balaban J connectivity index is 2.86. The van der Waals surface area contributed by atoms with Crippen molar-refractivity contribution in [2.75, 3.05) is 0 Å². The van der Waals surface area contributed by atoms with Crippen LogP contribution in [0.1, 0.15) is 29.1 Å². The molecule has 0 aliphatic carbocycles. The third kappa shape index (κ3) is 2.24. The van der Waals surface area contributed by atoms with Crippen LogP contribution in [0.15, 0.2) is 12.1 Å². The molecular formula is C9H14N2O2S. The maximum absolute atomic E-state index is 10.8. The molecule has 0 aliphatic rings. The van der Waals surface area contributed by atoms with E-state index in [1.54, 1.807) is 11.3 Å². The number of nitrogens with two attached hydrogens (primary N) is 1. The maximum atomic E-state index is 10.8. The van der Waals surface area contributed by atoms with E-state index in [0.717, 1.165) is 9.75 Å². The number of rotatable bonds is 3. The summed E-state index contributed by atoms with van der Waals surface area (Å²) in [4.78, 5) is 12.9. The van der Waals surface area contributed by atoms with Crippen molar-refractivity contribution < 1.29 is 10.0 Å². The number of urea groups is 1. The lowest BCUT2D eigenvalue weighted by molar-refractivity contribution is -0.0764. The predicted molar refractivity (Wildman–Crippen MR) is 55.3 cm³/mol. The third-order valence-corrected chi connectivity index (χ3v) is 3.10. The van der Waals surface area contributed by atoms with Crippen LogP contribution >= 0.6 is 11.3 Å². The van der Waals surface area contributed by atoms with Crippen molar-refractivity contribution in [2.45, 2.75) is 26.3 Å². The van der Waals surface area contributed by atoms with Crippen molar-refractivity contribution in [3.8, 4) is 0 Å². The van der Waals surface area contributed by atoms with Crippen LogP contribution in [-0.4, -0.2) is 16.3 Å². The summed E-state index contributed by atoms with van der Waals surface area (Å²) in [5.41, 5.74) is 5.00. The topological polar surface area (TPSA) is 66.6 Å². The fourth-order valence-corrected chi connectivity index (χ4v) is 2.33. The van der Waals surface area contributed by atoms with Crippen molar-refractivity contribution in [1.29, 1.82) is 0 Å². The van der Waals surface area contributed by atoms with Crippen LogP contribution < -0.4 is 5.73 Å². The minimum Gasteiger partial charge on any atom is -0.350 e. The Labute approximate surface area is 86.9 Å². The number of carbonyl (C=O) groups excluding carboxylic acids is 1. The minimum absolute atomic E-state index is 0.328. The summed E-state index contributed by atoms with van der Waals surface area (Å²) in [5.74, 6) is 0. The largest absolute Gasteiger partial charge is 0.350 e. The number of carbonyl (C=O) groups is 1. The van der Waals surface area contributed by atoms with E-state index in [1.165, 1.54) is 0 Å². The molecule has 5 heteroatoms. The first-order valence-corrected chi connectivity index (χ1v) is 5.21.